The zero-order valence-electron chi connectivity index (χ0n) is 27.6. The molecule has 0 aliphatic heterocycles. The van der Waals surface area contributed by atoms with Crippen LogP contribution in [0.1, 0.15) is 35.4 Å². The van der Waals surface area contributed by atoms with E-state index in [4.69, 9.17) is 0 Å². The van der Waals surface area contributed by atoms with Crippen LogP contribution in [-0.4, -0.2) is 4.57 Å². The molecule has 0 amide bonds. The third-order valence-electron chi connectivity index (χ3n) is 11.3. The Balaban J connectivity index is 1.15. The summed E-state index contributed by atoms with van der Waals surface area (Å²) in [7, 11) is 0. The molecule has 50 heavy (non-hydrogen) atoms. The Bertz CT molecular complexity index is 2720. The first-order valence-corrected chi connectivity index (χ1v) is 17.8. The molecule has 11 rings (SSSR count). The van der Waals surface area contributed by atoms with E-state index in [1.54, 1.807) is 0 Å². The number of benzene rings is 6. The molecule has 0 radical (unpaired) electrons. The van der Waals surface area contributed by atoms with Crippen molar-refractivity contribution in [1.82, 2.24) is 4.57 Å². The number of para-hydroxylation sites is 1. The van der Waals surface area contributed by atoms with Crippen molar-refractivity contribution >= 4 is 61.4 Å². The van der Waals surface area contributed by atoms with Crippen LogP contribution in [0, 0.1) is 5.92 Å². The quantitative estimate of drug-likeness (QED) is 0.186. The SMILES string of the molecule is C1=CC2=Cc3cccc4c3C(c3ccc(N(c5ccc6c(c5)c5ccccc5n6C5=CCCC=C5)c5cccc6ccccc56)cc3-4)C2C=C1. The van der Waals surface area contributed by atoms with Crippen LogP contribution in [0.4, 0.5) is 17.1 Å². The lowest BCUT2D eigenvalue weighted by Crippen LogP contribution is -2.17. The molecule has 0 bridgehead atoms. The van der Waals surface area contributed by atoms with Crippen molar-refractivity contribution in [1.29, 1.82) is 0 Å². The number of hydrogen-bond acceptors (Lipinski definition) is 1. The molecular formula is C48H34N2. The highest BCUT2D eigenvalue weighted by atomic mass is 15.1. The fourth-order valence-corrected chi connectivity index (χ4v) is 9.18. The standard InChI is InChI=1S/C48H34N2/c1-2-16-34(17-3-1)50-45-22-9-8-20-39(45)43-30-36(25-27-46(43)50)49(44-23-11-14-31-12-4-6-18-37(31)44)35-24-26-41-42(29-35)40-21-10-15-33-28-32-13-5-7-19-38(32)48(41)47(33)40/h2,4-30,38,48H,1,3H2. The van der Waals surface area contributed by atoms with Gasteiger partial charge in [0.2, 0.25) is 0 Å². The fraction of sp³-hybridized carbons (Fsp3) is 0.0833. The second-order valence-corrected chi connectivity index (χ2v) is 14.0. The number of fused-ring (bicyclic) bond motifs is 9. The van der Waals surface area contributed by atoms with Crippen molar-refractivity contribution in [3.8, 4) is 11.1 Å². The molecule has 2 unspecified atom stereocenters. The van der Waals surface area contributed by atoms with Crippen molar-refractivity contribution in [2.75, 3.05) is 4.90 Å². The molecule has 1 aromatic heterocycles. The Morgan fingerprint density at radius 3 is 2.38 bits per heavy atom. The molecule has 0 N–H and O–H groups in total. The van der Waals surface area contributed by atoms with Crippen LogP contribution in [0.3, 0.4) is 0 Å². The molecular weight excluding hydrogens is 605 g/mol. The van der Waals surface area contributed by atoms with Crippen LogP contribution in [0.2, 0.25) is 0 Å². The zero-order chi connectivity index (χ0) is 32.8. The number of nitrogens with zero attached hydrogens (tertiary/aromatic N) is 2. The summed E-state index contributed by atoms with van der Waals surface area (Å²) in [6.07, 6.45) is 20.6. The summed E-state index contributed by atoms with van der Waals surface area (Å²) in [5.41, 5.74) is 15.6. The molecule has 0 saturated heterocycles. The minimum absolute atomic E-state index is 0.336. The third-order valence-corrected chi connectivity index (χ3v) is 11.3. The summed E-state index contributed by atoms with van der Waals surface area (Å²) < 4.78 is 2.44. The first-order valence-electron chi connectivity index (χ1n) is 17.8. The number of aromatic nitrogens is 1. The fourth-order valence-electron chi connectivity index (χ4n) is 9.18. The Morgan fingerprint density at radius 1 is 0.620 bits per heavy atom. The van der Waals surface area contributed by atoms with Gasteiger partial charge in [-0.3, -0.25) is 0 Å². The van der Waals surface area contributed by atoms with E-state index in [-0.39, 0.29) is 0 Å². The Morgan fingerprint density at radius 2 is 1.44 bits per heavy atom. The summed E-state index contributed by atoms with van der Waals surface area (Å²) in [5, 5.41) is 5.02. The Kier molecular flexibility index (Phi) is 5.94. The van der Waals surface area contributed by atoms with Gasteiger partial charge in [-0.05, 0) is 100 Å². The molecule has 2 heteroatoms. The van der Waals surface area contributed by atoms with Crippen LogP contribution < -0.4 is 4.90 Å². The van der Waals surface area contributed by atoms with Gasteiger partial charge in [0.05, 0.1) is 16.7 Å². The lowest BCUT2D eigenvalue weighted by Gasteiger charge is -2.31. The van der Waals surface area contributed by atoms with Crippen molar-refractivity contribution in [2.45, 2.75) is 18.8 Å². The van der Waals surface area contributed by atoms with Crippen LogP contribution >= 0.6 is 0 Å². The van der Waals surface area contributed by atoms with Gasteiger partial charge in [-0.25, -0.2) is 0 Å². The van der Waals surface area contributed by atoms with Crippen molar-refractivity contribution in [3.05, 3.63) is 186 Å². The van der Waals surface area contributed by atoms with Crippen molar-refractivity contribution in [3.63, 3.8) is 0 Å². The van der Waals surface area contributed by atoms with E-state index in [2.05, 4.69) is 179 Å². The predicted molar refractivity (Wildman–Crippen MR) is 211 cm³/mol. The molecule has 0 saturated carbocycles. The molecule has 0 fully saturated rings. The van der Waals surface area contributed by atoms with Gasteiger partial charge in [-0.2, -0.15) is 0 Å². The summed E-state index contributed by atoms with van der Waals surface area (Å²) in [6.45, 7) is 0. The maximum atomic E-state index is 2.48. The maximum absolute atomic E-state index is 2.48. The smallest absolute Gasteiger partial charge is 0.0542 e. The van der Waals surface area contributed by atoms with Crippen LogP contribution in [0.15, 0.2) is 169 Å². The molecule has 0 spiro atoms. The topological polar surface area (TPSA) is 8.17 Å². The highest BCUT2D eigenvalue weighted by molar-refractivity contribution is 6.12. The van der Waals surface area contributed by atoms with Crippen LogP contribution in [-0.2, 0) is 0 Å². The molecule has 4 aliphatic rings. The zero-order valence-corrected chi connectivity index (χ0v) is 27.6. The van der Waals surface area contributed by atoms with E-state index in [9.17, 15) is 0 Å². The summed E-state index contributed by atoms with van der Waals surface area (Å²) in [4.78, 5) is 2.48. The minimum atomic E-state index is 0.336. The number of hydrogen-bond donors (Lipinski definition) is 0. The maximum Gasteiger partial charge on any atom is 0.0542 e. The van der Waals surface area contributed by atoms with E-state index < -0.39 is 0 Å². The van der Waals surface area contributed by atoms with E-state index >= 15 is 0 Å². The number of anilines is 3. The van der Waals surface area contributed by atoms with Gasteiger partial charge >= 0.3 is 0 Å². The largest absolute Gasteiger partial charge is 0.310 e. The van der Waals surface area contributed by atoms with Crippen LogP contribution in [0.25, 0.3) is 55.5 Å². The van der Waals surface area contributed by atoms with E-state index in [1.807, 2.05) is 0 Å². The summed E-state index contributed by atoms with van der Waals surface area (Å²) >= 11 is 0. The van der Waals surface area contributed by atoms with E-state index in [0.29, 0.717) is 11.8 Å². The molecule has 1 heterocycles. The predicted octanol–water partition coefficient (Wildman–Crippen LogP) is 12.9. The van der Waals surface area contributed by atoms with Gasteiger partial charge < -0.3 is 9.47 Å². The van der Waals surface area contributed by atoms with Gasteiger partial charge in [-0.15, -0.1) is 0 Å². The molecule has 2 atom stereocenters. The molecule has 6 aromatic carbocycles. The number of allylic oxidation sites excluding steroid dienone is 9. The average Bonchev–Trinajstić information content (AvgIpc) is 3.69. The van der Waals surface area contributed by atoms with Gasteiger partial charge in [0.25, 0.3) is 0 Å². The van der Waals surface area contributed by atoms with Gasteiger partial charge in [-0.1, -0.05) is 121 Å². The molecule has 2 nitrogen and oxygen atoms in total. The monoisotopic (exact) mass is 638 g/mol. The second kappa shape index (κ2) is 10.7. The normalized spacial score (nSPS) is 18.2. The third kappa shape index (κ3) is 3.96. The molecule has 4 aliphatic carbocycles. The van der Waals surface area contributed by atoms with Crippen molar-refractivity contribution in [2.24, 2.45) is 5.92 Å². The van der Waals surface area contributed by atoms with Crippen molar-refractivity contribution < 1.29 is 0 Å². The highest BCUT2D eigenvalue weighted by Crippen LogP contribution is 2.56. The lowest BCUT2D eigenvalue weighted by atomic mass is 9.72. The Labute approximate surface area is 291 Å². The lowest BCUT2D eigenvalue weighted by molar-refractivity contribution is 0.666. The summed E-state index contributed by atoms with van der Waals surface area (Å²) in [6, 6.07) is 45.5. The van der Waals surface area contributed by atoms with Gasteiger partial charge in [0, 0.05) is 45.1 Å². The summed E-state index contributed by atoms with van der Waals surface area (Å²) in [5.74, 6) is 0.701. The van der Waals surface area contributed by atoms with Gasteiger partial charge in [0.1, 0.15) is 0 Å². The molecule has 236 valence electrons. The first kappa shape index (κ1) is 27.8. The number of rotatable bonds is 4. The minimum Gasteiger partial charge on any atom is -0.310 e. The highest BCUT2D eigenvalue weighted by Gasteiger charge is 2.39. The van der Waals surface area contributed by atoms with E-state index in [0.717, 1.165) is 18.5 Å². The van der Waals surface area contributed by atoms with E-state index in [1.165, 1.54) is 83.0 Å². The second-order valence-electron chi connectivity index (χ2n) is 14.0. The van der Waals surface area contributed by atoms with Crippen LogP contribution in [0.5, 0.6) is 0 Å². The molecule has 7 aromatic rings. The average molecular weight is 639 g/mol. The first-order chi connectivity index (χ1) is 24.8. The Hall–Kier alpha value is -6.12. The van der Waals surface area contributed by atoms with Gasteiger partial charge in [0.15, 0.2) is 0 Å².